The van der Waals surface area contributed by atoms with Crippen LogP contribution in [0.1, 0.15) is 21.8 Å². The summed E-state index contributed by atoms with van der Waals surface area (Å²) in [6.07, 6.45) is 0. The van der Waals surface area contributed by atoms with Gasteiger partial charge in [-0.15, -0.1) is 0 Å². The van der Waals surface area contributed by atoms with E-state index < -0.39 is 5.97 Å². The van der Waals surface area contributed by atoms with Gasteiger partial charge in [0.05, 0.1) is 10.6 Å². The number of anilines is 2. The number of aromatic nitrogens is 4. The van der Waals surface area contributed by atoms with E-state index in [1.807, 2.05) is 30.3 Å². The number of hydrazone groups is 1. The summed E-state index contributed by atoms with van der Waals surface area (Å²) in [4.78, 5) is 20.3. The second kappa shape index (κ2) is 8.64. The lowest BCUT2D eigenvalue weighted by molar-refractivity contribution is 0.0697. The third kappa shape index (κ3) is 3.91. The zero-order valence-electron chi connectivity index (χ0n) is 17.1. The summed E-state index contributed by atoms with van der Waals surface area (Å²) in [6.45, 7) is 0. The first kappa shape index (κ1) is 21.1. The lowest BCUT2D eigenvalue weighted by atomic mass is 10.1. The molecular formula is C22H14ClN7O4. The van der Waals surface area contributed by atoms with Crippen molar-refractivity contribution >= 4 is 46.1 Å². The minimum atomic E-state index is -1.15. The molecule has 0 atom stereocenters. The number of para-hydroxylation sites is 1. The van der Waals surface area contributed by atoms with Gasteiger partial charge >= 0.3 is 5.97 Å². The first-order valence-electron chi connectivity index (χ1n) is 9.77. The second-order valence-corrected chi connectivity index (χ2v) is 7.37. The SMILES string of the molecule is NN=C(c1ccc(-c2ccc(Cl)c(C(=O)O)c2)o1)c1nc2nonc2nc1Nc1ccccc1. The molecule has 0 radical (unpaired) electrons. The number of nitrogens with zero attached hydrogens (tertiary/aromatic N) is 5. The lowest BCUT2D eigenvalue weighted by Gasteiger charge is -2.10. The van der Waals surface area contributed by atoms with Crippen LogP contribution < -0.4 is 11.2 Å². The van der Waals surface area contributed by atoms with Crippen LogP contribution in [0.2, 0.25) is 5.02 Å². The van der Waals surface area contributed by atoms with Gasteiger partial charge in [0, 0.05) is 11.3 Å². The number of benzene rings is 2. The van der Waals surface area contributed by atoms with E-state index in [9.17, 15) is 9.90 Å². The molecule has 0 saturated heterocycles. The maximum absolute atomic E-state index is 11.4. The van der Waals surface area contributed by atoms with E-state index in [2.05, 4.69) is 30.7 Å². The van der Waals surface area contributed by atoms with Gasteiger partial charge in [-0.3, -0.25) is 0 Å². The first-order valence-corrected chi connectivity index (χ1v) is 10.2. The maximum atomic E-state index is 11.4. The molecule has 0 aliphatic heterocycles. The molecule has 0 aliphatic carbocycles. The summed E-state index contributed by atoms with van der Waals surface area (Å²) in [7, 11) is 0. The van der Waals surface area contributed by atoms with Crippen molar-refractivity contribution < 1.29 is 18.9 Å². The van der Waals surface area contributed by atoms with Gasteiger partial charge in [-0.25, -0.2) is 19.4 Å². The molecule has 3 aromatic heterocycles. The largest absolute Gasteiger partial charge is 0.478 e. The van der Waals surface area contributed by atoms with Gasteiger partial charge in [-0.05, 0) is 52.8 Å². The van der Waals surface area contributed by atoms with E-state index in [0.717, 1.165) is 5.69 Å². The number of carboxylic acids is 1. The van der Waals surface area contributed by atoms with Crippen molar-refractivity contribution in [2.45, 2.75) is 0 Å². The smallest absolute Gasteiger partial charge is 0.337 e. The number of hydrogen-bond acceptors (Lipinski definition) is 10. The van der Waals surface area contributed by atoms with Crippen molar-refractivity contribution in [3.8, 4) is 11.3 Å². The first-order chi connectivity index (χ1) is 16.5. The van der Waals surface area contributed by atoms with Crippen molar-refractivity contribution in [1.82, 2.24) is 20.3 Å². The summed E-state index contributed by atoms with van der Waals surface area (Å²) < 4.78 is 10.7. The molecule has 2 aromatic carbocycles. The zero-order chi connectivity index (χ0) is 23.7. The Hall–Kier alpha value is -4.77. The Labute approximate surface area is 195 Å². The fourth-order valence-electron chi connectivity index (χ4n) is 3.25. The van der Waals surface area contributed by atoms with Crippen LogP contribution in [0, 0.1) is 0 Å². The highest BCUT2D eigenvalue weighted by Crippen LogP contribution is 2.29. The quantitative estimate of drug-likeness (QED) is 0.185. The molecular weight excluding hydrogens is 462 g/mol. The van der Waals surface area contributed by atoms with Crippen LogP contribution >= 0.6 is 11.6 Å². The fraction of sp³-hybridized carbons (Fsp3) is 0. The van der Waals surface area contributed by atoms with Crippen molar-refractivity contribution in [2.24, 2.45) is 10.9 Å². The highest BCUT2D eigenvalue weighted by molar-refractivity contribution is 6.33. The number of hydrogen-bond donors (Lipinski definition) is 3. The third-order valence-electron chi connectivity index (χ3n) is 4.82. The van der Waals surface area contributed by atoms with E-state index in [0.29, 0.717) is 17.1 Å². The van der Waals surface area contributed by atoms with Gasteiger partial charge in [0.15, 0.2) is 17.3 Å². The number of nitrogens with one attached hydrogen (secondary N) is 1. The Kier molecular flexibility index (Phi) is 5.36. The Morgan fingerprint density at radius 1 is 1.03 bits per heavy atom. The molecule has 3 heterocycles. The molecule has 5 rings (SSSR count). The number of carboxylic acid groups (broad SMARTS) is 1. The number of nitrogens with two attached hydrogens (primary N) is 1. The molecule has 0 spiro atoms. The average molecular weight is 476 g/mol. The number of halogens is 1. The predicted octanol–water partition coefficient (Wildman–Crippen LogP) is 4.08. The van der Waals surface area contributed by atoms with Crippen molar-refractivity contribution in [3.63, 3.8) is 0 Å². The fourth-order valence-corrected chi connectivity index (χ4v) is 3.45. The molecule has 5 aromatic rings. The summed E-state index contributed by atoms with van der Waals surface area (Å²) in [5.74, 6) is 5.53. The highest BCUT2D eigenvalue weighted by Gasteiger charge is 2.22. The zero-order valence-corrected chi connectivity index (χ0v) is 17.9. The summed E-state index contributed by atoms with van der Waals surface area (Å²) >= 11 is 5.97. The molecule has 4 N–H and O–H groups in total. The monoisotopic (exact) mass is 475 g/mol. The summed E-state index contributed by atoms with van der Waals surface area (Å²) in [5, 5.41) is 24.0. The van der Waals surface area contributed by atoms with Gasteiger partial charge in [-0.2, -0.15) is 5.10 Å². The number of furan rings is 1. The number of rotatable bonds is 6. The van der Waals surface area contributed by atoms with Gasteiger partial charge < -0.3 is 20.7 Å². The third-order valence-corrected chi connectivity index (χ3v) is 5.15. The van der Waals surface area contributed by atoms with Gasteiger partial charge in [0.25, 0.3) is 0 Å². The molecule has 0 bridgehead atoms. The van der Waals surface area contributed by atoms with Crippen molar-refractivity contribution in [1.29, 1.82) is 0 Å². The molecule has 34 heavy (non-hydrogen) atoms. The van der Waals surface area contributed by atoms with Crippen LogP contribution in [0.15, 0.2) is 74.8 Å². The van der Waals surface area contributed by atoms with Gasteiger partial charge in [0.2, 0.25) is 11.3 Å². The predicted molar refractivity (Wildman–Crippen MR) is 123 cm³/mol. The van der Waals surface area contributed by atoms with Gasteiger partial charge in [0.1, 0.15) is 11.5 Å². The highest BCUT2D eigenvalue weighted by atomic mass is 35.5. The Bertz CT molecular complexity index is 1550. The van der Waals surface area contributed by atoms with Gasteiger partial charge in [-0.1, -0.05) is 29.8 Å². The minimum Gasteiger partial charge on any atom is -0.478 e. The molecule has 0 saturated carbocycles. The van der Waals surface area contributed by atoms with Crippen LogP contribution in [0.25, 0.3) is 22.6 Å². The molecule has 0 amide bonds. The topological polar surface area (TPSA) is 166 Å². The van der Waals surface area contributed by atoms with Crippen LogP contribution in [-0.2, 0) is 0 Å². The molecule has 11 nitrogen and oxygen atoms in total. The standard InChI is InChI=1S/C22H14ClN7O4/c23-14-7-6-11(10-13(14)22(31)32)15-8-9-16(33-15)17(28-24)18-19(25-12-4-2-1-3-5-12)27-21-20(26-18)29-34-30-21/h1-10H,24H2,(H,31,32)(H,25,27,30). The second-order valence-electron chi connectivity index (χ2n) is 6.96. The normalized spacial score (nSPS) is 11.6. The molecule has 12 heteroatoms. The average Bonchev–Trinajstić information content (AvgIpc) is 3.50. The van der Waals surface area contributed by atoms with E-state index in [-0.39, 0.29) is 39.0 Å². The molecule has 0 unspecified atom stereocenters. The number of aromatic carboxylic acids is 1. The number of carbonyl (C=O) groups is 1. The van der Waals surface area contributed by atoms with Crippen LogP contribution in [0.4, 0.5) is 11.5 Å². The van der Waals surface area contributed by atoms with E-state index >= 15 is 0 Å². The van der Waals surface area contributed by atoms with E-state index in [4.69, 9.17) is 26.5 Å². The van der Waals surface area contributed by atoms with Crippen molar-refractivity contribution in [3.05, 3.63) is 82.7 Å². The van der Waals surface area contributed by atoms with Crippen LogP contribution in [0.3, 0.4) is 0 Å². The van der Waals surface area contributed by atoms with Crippen LogP contribution in [-0.4, -0.2) is 37.1 Å². The molecule has 0 aliphatic rings. The van der Waals surface area contributed by atoms with E-state index in [1.54, 1.807) is 18.2 Å². The van der Waals surface area contributed by atoms with E-state index in [1.165, 1.54) is 12.1 Å². The molecule has 168 valence electrons. The Morgan fingerprint density at radius 3 is 2.53 bits per heavy atom. The minimum absolute atomic E-state index is 0.0472. The number of fused-ring (bicyclic) bond motifs is 1. The molecule has 0 fully saturated rings. The van der Waals surface area contributed by atoms with Crippen molar-refractivity contribution in [2.75, 3.05) is 5.32 Å². The summed E-state index contributed by atoms with van der Waals surface area (Å²) in [6, 6.07) is 17.1. The Balaban J connectivity index is 1.57. The van der Waals surface area contributed by atoms with Crippen LogP contribution in [0.5, 0.6) is 0 Å². The maximum Gasteiger partial charge on any atom is 0.337 e. The lowest BCUT2D eigenvalue weighted by Crippen LogP contribution is -2.12. The summed E-state index contributed by atoms with van der Waals surface area (Å²) in [5.41, 5.74) is 1.98. The Morgan fingerprint density at radius 2 is 1.79 bits per heavy atom.